The van der Waals surface area contributed by atoms with E-state index in [4.69, 9.17) is 5.73 Å². The summed E-state index contributed by atoms with van der Waals surface area (Å²) in [4.78, 5) is 16.1. The van der Waals surface area contributed by atoms with E-state index >= 15 is 0 Å². The molecule has 5 nitrogen and oxygen atoms in total. The van der Waals surface area contributed by atoms with Crippen LogP contribution in [-0.4, -0.2) is 17.4 Å². The lowest BCUT2D eigenvalue weighted by atomic mass is 10.1. The summed E-state index contributed by atoms with van der Waals surface area (Å²) < 4.78 is 38.7. The number of amides is 1. The maximum absolute atomic E-state index is 12.9. The average Bonchev–Trinajstić information content (AvgIpc) is 2.79. The number of nitrogens with zero attached hydrogens (tertiary/aromatic N) is 1. The van der Waals surface area contributed by atoms with Crippen LogP contribution in [0.25, 0.3) is 0 Å². The van der Waals surface area contributed by atoms with Gasteiger partial charge in [0.2, 0.25) is 0 Å². The number of nitrogens with one attached hydrogen (secondary N) is 2. The summed E-state index contributed by atoms with van der Waals surface area (Å²) in [5, 5.41) is 5.56. The normalized spacial score (nSPS) is 11.3. The van der Waals surface area contributed by atoms with Crippen molar-refractivity contribution in [3.8, 4) is 0 Å². The minimum atomic E-state index is -4.56. The number of aromatic nitrogens is 1. The summed E-state index contributed by atoms with van der Waals surface area (Å²) in [6, 6.07) is 4.74. The molecule has 1 aromatic heterocycles. The second-order valence-electron chi connectivity index (χ2n) is 4.26. The van der Waals surface area contributed by atoms with Gasteiger partial charge in [-0.15, -0.1) is 0 Å². The van der Waals surface area contributed by atoms with Crippen molar-refractivity contribution in [3.63, 3.8) is 0 Å². The second-order valence-corrected chi connectivity index (χ2v) is 5.26. The van der Waals surface area contributed by atoms with Crippen molar-refractivity contribution in [3.05, 3.63) is 34.7 Å². The van der Waals surface area contributed by atoms with Gasteiger partial charge in [-0.05, 0) is 19.1 Å². The molecule has 0 atom stereocenters. The third-order valence-electron chi connectivity index (χ3n) is 2.67. The number of hydrogen-bond acceptors (Lipinski definition) is 5. The van der Waals surface area contributed by atoms with E-state index in [0.29, 0.717) is 11.7 Å². The van der Waals surface area contributed by atoms with Gasteiger partial charge in [0, 0.05) is 6.54 Å². The van der Waals surface area contributed by atoms with Crippen molar-refractivity contribution in [2.75, 3.05) is 22.9 Å². The Morgan fingerprint density at radius 3 is 2.68 bits per heavy atom. The van der Waals surface area contributed by atoms with Gasteiger partial charge in [-0.1, -0.05) is 23.5 Å². The summed E-state index contributed by atoms with van der Waals surface area (Å²) in [7, 11) is 0. The highest BCUT2D eigenvalue weighted by Crippen LogP contribution is 2.35. The summed E-state index contributed by atoms with van der Waals surface area (Å²) >= 11 is 0.984. The van der Waals surface area contributed by atoms with Gasteiger partial charge in [0.25, 0.3) is 5.91 Å². The first-order valence-electron chi connectivity index (χ1n) is 6.30. The molecular formula is C13H13F3N4OS. The van der Waals surface area contributed by atoms with E-state index in [0.717, 1.165) is 17.4 Å². The predicted octanol–water partition coefficient (Wildman–Crippen LogP) is 3.43. The molecule has 0 spiro atoms. The Kier molecular flexibility index (Phi) is 4.55. The summed E-state index contributed by atoms with van der Waals surface area (Å²) in [5.74, 6) is -0.751. The molecule has 1 heterocycles. The van der Waals surface area contributed by atoms with Gasteiger partial charge < -0.3 is 16.4 Å². The molecule has 0 radical (unpaired) electrons. The van der Waals surface area contributed by atoms with Crippen LogP contribution in [-0.2, 0) is 6.18 Å². The number of benzene rings is 1. The molecule has 4 N–H and O–H groups in total. The van der Waals surface area contributed by atoms with Crippen molar-refractivity contribution in [2.24, 2.45) is 0 Å². The third kappa shape index (κ3) is 3.48. The number of nitrogens with two attached hydrogens (primary N) is 1. The maximum Gasteiger partial charge on any atom is 0.418 e. The summed E-state index contributed by atoms with van der Waals surface area (Å²) in [6.45, 7) is 2.43. The molecule has 0 aliphatic rings. The smallest absolute Gasteiger partial charge is 0.382 e. The fourth-order valence-corrected chi connectivity index (χ4v) is 2.59. The van der Waals surface area contributed by atoms with Crippen LogP contribution >= 0.6 is 11.3 Å². The molecule has 2 aromatic rings. The predicted molar refractivity (Wildman–Crippen MR) is 80.1 cm³/mol. The molecule has 1 amide bonds. The zero-order chi connectivity index (χ0) is 16.3. The van der Waals surface area contributed by atoms with Crippen LogP contribution in [0.3, 0.4) is 0 Å². The number of alkyl halides is 3. The first-order valence-corrected chi connectivity index (χ1v) is 7.12. The van der Waals surface area contributed by atoms with Crippen LogP contribution in [0.2, 0.25) is 0 Å². The van der Waals surface area contributed by atoms with Crippen LogP contribution in [0.15, 0.2) is 24.3 Å². The molecule has 0 saturated heterocycles. The number of carbonyl (C=O) groups excluding carboxylic acids is 1. The van der Waals surface area contributed by atoms with Crippen LogP contribution in [0.4, 0.5) is 29.8 Å². The van der Waals surface area contributed by atoms with E-state index < -0.39 is 17.6 Å². The Morgan fingerprint density at radius 2 is 2.05 bits per heavy atom. The monoisotopic (exact) mass is 330 g/mol. The van der Waals surface area contributed by atoms with Crippen molar-refractivity contribution in [1.82, 2.24) is 4.98 Å². The molecule has 0 unspecified atom stereocenters. The molecule has 118 valence electrons. The Bertz CT molecular complexity index is 684. The van der Waals surface area contributed by atoms with E-state index in [1.165, 1.54) is 18.2 Å². The quantitative estimate of drug-likeness (QED) is 0.802. The van der Waals surface area contributed by atoms with Crippen LogP contribution < -0.4 is 16.4 Å². The SMILES string of the molecule is CCNc1nc(N)c(C(=O)Nc2ccccc2C(F)(F)F)s1. The Labute approximate surface area is 128 Å². The first-order chi connectivity index (χ1) is 10.3. The van der Waals surface area contributed by atoms with Gasteiger partial charge in [-0.25, -0.2) is 4.98 Å². The van der Waals surface area contributed by atoms with Gasteiger partial charge >= 0.3 is 6.18 Å². The zero-order valence-corrected chi connectivity index (χ0v) is 12.3. The van der Waals surface area contributed by atoms with Gasteiger partial charge in [-0.2, -0.15) is 13.2 Å². The largest absolute Gasteiger partial charge is 0.418 e. The topological polar surface area (TPSA) is 80.0 Å². The van der Waals surface area contributed by atoms with Crippen LogP contribution in [0.5, 0.6) is 0 Å². The number of carbonyl (C=O) groups is 1. The second kappa shape index (κ2) is 6.22. The summed E-state index contributed by atoms with van der Waals surface area (Å²) in [6.07, 6.45) is -4.56. The number of thiazole rings is 1. The maximum atomic E-state index is 12.9. The first kappa shape index (κ1) is 16.1. The van der Waals surface area contributed by atoms with E-state index in [2.05, 4.69) is 15.6 Å². The highest BCUT2D eigenvalue weighted by Gasteiger charge is 2.33. The summed E-state index contributed by atoms with van der Waals surface area (Å²) in [5.41, 5.74) is 4.39. The standard InChI is InChI=1S/C13H13F3N4OS/c1-2-18-12-20-10(17)9(22-12)11(21)19-8-6-4-3-5-7(8)13(14,15)16/h3-6H,2,17H2,1H3,(H,18,20)(H,19,21). The van der Waals surface area contributed by atoms with E-state index in [1.54, 1.807) is 0 Å². The average molecular weight is 330 g/mol. The van der Waals surface area contributed by atoms with Crippen molar-refractivity contribution in [1.29, 1.82) is 0 Å². The van der Waals surface area contributed by atoms with E-state index in [9.17, 15) is 18.0 Å². The van der Waals surface area contributed by atoms with Gasteiger partial charge in [-0.3, -0.25) is 4.79 Å². The van der Waals surface area contributed by atoms with E-state index in [-0.39, 0.29) is 16.4 Å². The number of anilines is 3. The highest BCUT2D eigenvalue weighted by atomic mass is 32.1. The Morgan fingerprint density at radius 1 is 1.36 bits per heavy atom. The fraction of sp³-hybridized carbons (Fsp3) is 0.231. The van der Waals surface area contributed by atoms with Crippen LogP contribution in [0.1, 0.15) is 22.2 Å². The molecule has 0 saturated carbocycles. The molecule has 0 aliphatic heterocycles. The van der Waals surface area contributed by atoms with Gasteiger partial charge in [0.15, 0.2) is 5.13 Å². The lowest BCUT2D eigenvalue weighted by Crippen LogP contribution is -2.16. The van der Waals surface area contributed by atoms with Crippen molar-refractivity contribution >= 4 is 33.9 Å². The molecule has 2 rings (SSSR count). The number of halogens is 3. The van der Waals surface area contributed by atoms with Crippen molar-refractivity contribution < 1.29 is 18.0 Å². The Balaban J connectivity index is 2.26. The molecule has 0 bridgehead atoms. The van der Waals surface area contributed by atoms with Crippen LogP contribution in [0, 0.1) is 0 Å². The number of para-hydroxylation sites is 1. The number of hydrogen-bond donors (Lipinski definition) is 3. The number of rotatable bonds is 4. The molecule has 22 heavy (non-hydrogen) atoms. The number of nitrogen functional groups attached to an aromatic ring is 1. The lowest BCUT2D eigenvalue weighted by Gasteiger charge is -2.12. The minimum Gasteiger partial charge on any atom is -0.382 e. The van der Waals surface area contributed by atoms with Gasteiger partial charge in [0.05, 0.1) is 11.3 Å². The molecule has 9 heteroatoms. The third-order valence-corrected chi connectivity index (χ3v) is 3.70. The van der Waals surface area contributed by atoms with Gasteiger partial charge in [0.1, 0.15) is 10.7 Å². The minimum absolute atomic E-state index is 0.0251. The van der Waals surface area contributed by atoms with Crippen molar-refractivity contribution in [2.45, 2.75) is 13.1 Å². The zero-order valence-electron chi connectivity index (χ0n) is 11.5. The lowest BCUT2D eigenvalue weighted by molar-refractivity contribution is -0.136. The molecule has 0 aliphatic carbocycles. The molecule has 0 fully saturated rings. The molecule has 1 aromatic carbocycles. The van der Waals surface area contributed by atoms with E-state index in [1.807, 2.05) is 6.92 Å². The molecular weight excluding hydrogens is 317 g/mol. The highest BCUT2D eigenvalue weighted by molar-refractivity contribution is 7.18. The fourth-order valence-electron chi connectivity index (χ4n) is 1.74. The Hall–Kier alpha value is -2.29.